The third kappa shape index (κ3) is 27.5. The van der Waals surface area contributed by atoms with Gasteiger partial charge < -0.3 is 78.4 Å². The van der Waals surface area contributed by atoms with Crippen molar-refractivity contribution in [1.29, 1.82) is 0 Å². The second kappa shape index (κ2) is 43.8. The van der Waals surface area contributed by atoms with Crippen molar-refractivity contribution in [3.05, 3.63) is 139 Å². The molecule has 2 atom stereocenters. The molecule has 2 aliphatic rings. The molecular weight excluding hydrogens is 1330 g/mol. The number of nitrogens with one attached hydrogen (secondary N) is 4. The van der Waals surface area contributed by atoms with Crippen LogP contribution in [0, 0.1) is 0 Å². The van der Waals surface area contributed by atoms with Gasteiger partial charge in [0.15, 0.2) is 0 Å². The molecule has 0 aliphatic carbocycles. The number of ether oxygens (including phenoxy) is 10. The highest BCUT2D eigenvalue weighted by atomic mass is 35.5. The molecule has 2 aromatic heterocycles. The molecule has 0 saturated carbocycles. The molecule has 24 nitrogen and oxygen atoms in total. The topological polar surface area (TPSA) is 242 Å². The van der Waals surface area contributed by atoms with E-state index in [1.807, 2.05) is 48.8 Å². The first-order chi connectivity index (χ1) is 46.0. The number of fused-ring (bicyclic) bond motifs is 2. The van der Waals surface area contributed by atoms with Crippen LogP contribution in [0.3, 0.4) is 0 Å². The van der Waals surface area contributed by atoms with Crippen LogP contribution in [0.15, 0.2) is 85.2 Å². The number of amides is 4. The number of halogens is 5. The van der Waals surface area contributed by atoms with Gasteiger partial charge in [0.1, 0.15) is 11.4 Å². The lowest BCUT2D eigenvalue weighted by molar-refractivity contribution is -0.0113. The highest BCUT2D eigenvalue weighted by Gasteiger charge is 2.29. The van der Waals surface area contributed by atoms with Gasteiger partial charge in [0.05, 0.1) is 158 Å². The SMILES string of the molecule is CN1Cc2c(Cl)cc(Cl)cc2[C@H](c2cccc(-c3cn(CCOCCOCCOCCOCCOCCNC(=O)NCCCCNC(=O)NCCOCCOCCOCCOCCOCCn4cc(-c5cccc([C@@H]6CN(C)Cc7c(Cl)cc(Cl)cc76)c5)nn4)nn3)c2)C1.Cl. The highest BCUT2D eigenvalue weighted by molar-refractivity contribution is 6.35. The van der Waals surface area contributed by atoms with Gasteiger partial charge in [-0.15, -0.1) is 22.6 Å². The summed E-state index contributed by atoms with van der Waals surface area (Å²) < 4.78 is 59.7. The zero-order valence-electron chi connectivity index (χ0n) is 54.3. The first-order valence-electron chi connectivity index (χ1n) is 32.1. The van der Waals surface area contributed by atoms with Crippen molar-refractivity contribution in [2.24, 2.45) is 0 Å². The molecular formula is C66H91Cl5N12O12. The first-order valence-corrected chi connectivity index (χ1v) is 33.6. The maximum Gasteiger partial charge on any atom is 0.314 e. The first kappa shape index (κ1) is 77.0. The normalized spacial score (nSPS) is 14.7. The van der Waals surface area contributed by atoms with E-state index in [0.29, 0.717) is 204 Å². The zero-order chi connectivity index (χ0) is 66.0. The van der Waals surface area contributed by atoms with Crippen molar-refractivity contribution in [3.63, 3.8) is 0 Å². The molecule has 0 radical (unpaired) electrons. The van der Waals surface area contributed by atoms with Crippen molar-refractivity contribution >= 4 is 70.9 Å². The van der Waals surface area contributed by atoms with E-state index >= 15 is 0 Å². The Morgan fingerprint density at radius 2 is 0.768 bits per heavy atom. The summed E-state index contributed by atoms with van der Waals surface area (Å²) in [5.74, 6) is 0.274. The fourth-order valence-corrected chi connectivity index (χ4v) is 11.8. The Balaban J connectivity index is 0.0000128. The summed E-state index contributed by atoms with van der Waals surface area (Å²) in [5, 5.41) is 31.3. The summed E-state index contributed by atoms with van der Waals surface area (Å²) in [5.41, 5.74) is 10.5. The molecule has 0 saturated heterocycles. The van der Waals surface area contributed by atoms with Gasteiger partial charge in [-0.25, -0.2) is 19.0 Å². The number of carbonyl (C=O) groups excluding carboxylic acids is 2. The summed E-state index contributed by atoms with van der Waals surface area (Å²) in [7, 11) is 4.21. The number of hydrogen-bond donors (Lipinski definition) is 4. The largest absolute Gasteiger partial charge is 0.377 e. The van der Waals surface area contributed by atoms with E-state index < -0.39 is 0 Å². The maximum absolute atomic E-state index is 12.1. The van der Waals surface area contributed by atoms with Crippen LogP contribution in [0.1, 0.15) is 58.1 Å². The average Bonchev–Trinajstić information content (AvgIpc) is 1.77. The quantitative estimate of drug-likeness (QED) is 0.0261. The molecule has 0 spiro atoms. The predicted molar refractivity (Wildman–Crippen MR) is 368 cm³/mol. The molecule has 95 heavy (non-hydrogen) atoms. The Hall–Kier alpha value is -5.33. The van der Waals surface area contributed by atoms with Crippen LogP contribution in [0.4, 0.5) is 9.59 Å². The van der Waals surface area contributed by atoms with Crippen LogP contribution in [0.5, 0.6) is 0 Å². The fraction of sp³-hybridized carbons (Fsp3) is 0.545. The van der Waals surface area contributed by atoms with E-state index in [4.69, 9.17) is 93.8 Å². The molecule has 0 unspecified atom stereocenters. The van der Waals surface area contributed by atoms with Crippen LogP contribution in [-0.2, 0) is 73.5 Å². The van der Waals surface area contributed by atoms with Crippen LogP contribution in [-0.4, -0.2) is 237 Å². The molecule has 4 heterocycles. The number of hydrogen-bond acceptors (Lipinski definition) is 18. The van der Waals surface area contributed by atoms with Crippen LogP contribution < -0.4 is 21.3 Å². The lowest BCUT2D eigenvalue weighted by Gasteiger charge is -2.33. The van der Waals surface area contributed by atoms with Gasteiger partial charge >= 0.3 is 12.1 Å². The van der Waals surface area contributed by atoms with E-state index in [0.717, 1.165) is 59.8 Å². The lowest BCUT2D eigenvalue weighted by atomic mass is 9.84. The average molecular weight is 1420 g/mol. The van der Waals surface area contributed by atoms with E-state index in [1.165, 1.54) is 22.3 Å². The summed E-state index contributed by atoms with van der Waals surface area (Å²) in [6, 6.07) is 24.0. The summed E-state index contributed by atoms with van der Waals surface area (Å²) in [6.45, 7) is 14.8. The number of rotatable bonds is 45. The third-order valence-electron chi connectivity index (χ3n) is 15.4. The molecule has 8 rings (SSSR count). The van der Waals surface area contributed by atoms with Crippen LogP contribution in [0.2, 0.25) is 20.1 Å². The smallest absolute Gasteiger partial charge is 0.314 e. The number of carbonyl (C=O) groups is 2. The number of urea groups is 2. The Bertz CT molecular complexity index is 3000. The monoisotopic (exact) mass is 1420 g/mol. The molecule has 0 fully saturated rings. The van der Waals surface area contributed by atoms with Crippen molar-refractivity contribution in [3.8, 4) is 22.5 Å². The fourth-order valence-electron chi connectivity index (χ4n) is 10.7. The Morgan fingerprint density at radius 1 is 0.442 bits per heavy atom. The Kier molecular flexibility index (Phi) is 35.6. The number of unbranched alkanes of at least 4 members (excludes halogenated alkanes) is 1. The van der Waals surface area contributed by atoms with Gasteiger partial charge in [0, 0.05) is 95.4 Å². The zero-order valence-corrected chi connectivity index (χ0v) is 58.1. The Labute approximate surface area is 583 Å². The van der Waals surface area contributed by atoms with Gasteiger partial charge in [-0.1, -0.05) is 93.2 Å². The van der Waals surface area contributed by atoms with Crippen LogP contribution >= 0.6 is 58.8 Å². The van der Waals surface area contributed by atoms with Crippen molar-refractivity contribution in [2.75, 3.05) is 186 Å². The number of nitrogens with zero attached hydrogens (tertiary/aromatic N) is 8. The van der Waals surface area contributed by atoms with Gasteiger partial charge in [0.25, 0.3) is 0 Å². The standard InChI is InChI=1S/C66H90Cl4N12O12.ClH/c1-79-43-57(55-39-53(67)41-61(69)59(55)45-79)49-7-5-9-51(37-49)63-47-81(77-75-63)15-19-87-23-27-91-31-35-93-33-29-89-25-21-85-17-13-73-65(83)71-11-3-4-12-72-66(84)74-14-18-86-22-26-90-30-34-94-36-32-92-28-24-88-20-16-82-48-64(76-78-82)52-10-6-8-50(38-52)58-44-80(2)46-60-56(58)40-54(68)42-62(60)70;/h5-10,37-42,47-48,57-58H,3-4,11-36,43-46H2,1-2H3,(H2,71,73,83)(H2,72,74,84);1H/t57-,58-;/m0./s1. The molecule has 4 amide bonds. The second-order valence-electron chi connectivity index (χ2n) is 22.6. The Morgan fingerprint density at radius 3 is 1.13 bits per heavy atom. The summed E-state index contributed by atoms with van der Waals surface area (Å²) >= 11 is 26.0. The van der Waals surface area contributed by atoms with Gasteiger partial charge in [-0.3, -0.25) is 0 Å². The highest BCUT2D eigenvalue weighted by Crippen LogP contribution is 2.41. The van der Waals surface area contributed by atoms with Gasteiger partial charge in [0.2, 0.25) is 0 Å². The lowest BCUT2D eigenvalue weighted by Crippen LogP contribution is -2.39. The van der Waals surface area contributed by atoms with E-state index in [9.17, 15) is 9.59 Å². The molecule has 29 heteroatoms. The van der Waals surface area contributed by atoms with Gasteiger partial charge in [-0.05, 0) is 96.7 Å². The van der Waals surface area contributed by atoms with Gasteiger partial charge in [-0.2, -0.15) is 0 Å². The minimum atomic E-state index is -0.275. The minimum absolute atomic E-state index is 0. The van der Waals surface area contributed by atoms with Crippen molar-refractivity contribution < 1.29 is 57.0 Å². The molecule has 0 bridgehead atoms. The van der Waals surface area contributed by atoms with E-state index in [2.05, 4.69) is 102 Å². The third-order valence-corrected chi connectivity index (χ3v) is 16.5. The minimum Gasteiger partial charge on any atom is -0.377 e. The predicted octanol–water partition coefficient (Wildman–Crippen LogP) is 8.64. The molecule has 2 aliphatic heterocycles. The van der Waals surface area contributed by atoms with E-state index in [-0.39, 0.29) is 36.3 Å². The number of aromatic nitrogens is 6. The number of benzene rings is 4. The van der Waals surface area contributed by atoms with Crippen LogP contribution in [0.25, 0.3) is 22.5 Å². The van der Waals surface area contributed by atoms with E-state index in [1.54, 1.807) is 9.36 Å². The van der Waals surface area contributed by atoms with Crippen molar-refractivity contribution in [1.82, 2.24) is 61.1 Å². The molecule has 4 N–H and O–H groups in total. The van der Waals surface area contributed by atoms with Crippen molar-refractivity contribution in [2.45, 2.75) is 50.9 Å². The second-order valence-corrected chi connectivity index (χ2v) is 24.3. The molecule has 6 aromatic rings. The summed E-state index contributed by atoms with van der Waals surface area (Å²) in [4.78, 5) is 28.7. The number of likely N-dealkylation sites (N-methyl/N-ethyl adjacent to an activating group) is 2. The molecule has 522 valence electrons. The molecule has 4 aromatic carbocycles. The maximum atomic E-state index is 12.1. The summed E-state index contributed by atoms with van der Waals surface area (Å²) in [6.07, 6.45) is 5.28.